The molecule has 18 heavy (non-hydrogen) atoms. The van der Waals surface area contributed by atoms with Crippen molar-refractivity contribution < 1.29 is 0 Å². The molecule has 0 aliphatic heterocycles. The summed E-state index contributed by atoms with van der Waals surface area (Å²) in [5.41, 5.74) is 2.29. The Morgan fingerprint density at radius 1 is 1.50 bits per heavy atom. The SMILES string of the molecule is C=CCCCN(C)c1ccc(C(CC)NC)nc1. The van der Waals surface area contributed by atoms with Gasteiger partial charge in [-0.05, 0) is 38.4 Å². The van der Waals surface area contributed by atoms with E-state index in [1.807, 2.05) is 19.3 Å². The predicted octanol–water partition coefficient (Wildman–Crippen LogP) is 3.15. The second-order valence-corrected chi connectivity index (χ2v) is 4.54. The van der Waals surface area contributed by atoms with E-state index in [0.29, 0.717) is 6.04 Å². The van der Waals surface area contributed by atoms with Crippen molar-refractivity contribution in [3.8, 4) is 0 Å². The van der Waals surface area contributed by atoms with Crippen molar-refractivity contribution in [2.75, 3.05) is 25.5 Å². The molecule has 0 spiro atoms. The Hall–Kier alpha value is -1.35. The molecule has 0 aromatic carbocycles. The van der Waals surface area contributed by atoms with Gasteiger partial charge in [0.1, 0.15) is 0 Å². The number of rotatable bonds is 8. The minimum atomic E-state index is 0.352. The molecule has 0 saturated carbocycles. The zero-order chi connectivity index (χ0) is 13.4. The third-order valence-corrected chi connectivity index (χ3v) is 3.23. The molecule has 3 heteroatoms. The van der Waals surface area contributed by atoms with E-state index in [9.17, 15) is 0 Å². The molecule has 0 aliphatic rings. The van der Waals surface area contributed by atoms with Crippen LogP contribution in [0.4, 0.5) is 5.69 Å². The summed E-state index contributed by atoms with van der Waals surface area (Å²) in [4.78, 5) is 6.78. The van der Waals surface area contributed by atoms with Crippen molar-refractivity contribution in [3.63, 3.8) is 0 Å². The second kappa shape index (κ2) is 7.88. The summed E-state index contributed by atoms with van der Waals surface area (Å²) in [6.45, 7) is 6.95. The number of unbranched alkanes of at least 4 members (excludes halogenated alkanes) is 1. The van der Waals surface area contributed by atoms with E-state index in [2.05, 4.69) is 47.9 Å². The van der Waals surface area contributed by atoms with Crippen molar-refractivity contribution in [1.82, 2.24) is 10.3 Å². The van der Waals surface area contributed by atoms with Gasteiger partial charge in [0.15, 0.2) is 0 Å². The summed E-state index contributed by atoms with van der Waals surface area (Å²) >= 11 is 0. The van der Waals surface area contributed by atoms with Crippen molar-refractivity contribution in [1.29, 1.82) is 0 Å². The quantitative estimate of drug-likeness (QED) is 0.565. The molecule has 0 fully saturated rings. The van der Waals surface area contributed by atoms with Crippen LogP contribution in [0.1, 0.15) is 37.9 Å². The van der Waals surface area contributed by atoms with Crippen molar-refractivity contribution in [2.45, 2.75) is 32.2 Å². The summed E-state index contributed by atoms with van der Waals surface area (Å²) in [5.74, 6) is 0. The average molecular weight is 247 g/mol. The first kappa shape index (κ1) is 14.7. The van der Waals surface area contributed by atoms with Crippen LogP contribution in [0.2, 0.25) is 0 Å². The summed E-state index contributed by atoms with van der Waals surface area (Å²) in [6, 6.07) is 4.62. The fourth-order valence-corrected chi connectivity index (χ4v) is 1.99. The summed E-state index contributed by atoms with van der Waals surface area (Å²) in [5, 5.41) is 3.27. The maximum Gasteiger partial charge on any atom is 0.0574 e. The zero-order valence-electron chi connectivity index (χ0n) is 11.8. The largest absolute Gasteiger partial charge is 0.373 e. The fraction of sp³-hybridized carbons (Fsp3) is 0.533. The summed E-state index contributed by atoms with van der Waals surface area (Å²) in [7, 11) is 4.08. The van der Waals surface area contributed by atoms with Crippen LogP contribution in [0.15, 0.2) is 31.0 Å². The van der Waals surface area contributed by atoms with E-state index in [-0.39, 0.29) is 0 Å². The molecule has 100 valence electrons. The molecule has 0 bridgehead atoms. The number of hydrogen-bond donors (Lipinski definition) is 1. The Morgan fingerprint density at radius 2 is 2.28 bits per heavy atom. The maximum atomic E-state index is 4.55. The van der Waals surface area contributed by atoms with E-state index in [1.165, 1.54) is 5.69 Å². The second-order valence-electron chi connectivity index (χ2n) is 4.54. The topological polar surface area (TPSA) is 28.2 Å². The maximum absolute atomic E-state index is 4.55. The molecule has 1 rings (SSSR count). The van der Waals surface area contributed by atoms with Crippen molar-refractivity contribution >= 4 is 5.69 Å². The smallest absolute Gasteiger partial charge is 0.0574 e. The van der Waals surface area contributed by atoms with Gasteiger partial charge >= 0.3 is 0 Å². The highest BCUT2D eigenvalue weighted by atomic mass is 15.1. The monoisotopic (exact) mass is 247 g/mol. The molecule has 1 atom stereocenters. The van der Waals surface area contributed by atoms with Gasteiger partial charge in [0.25, 0.3) is 0 Å². The Labute approximate surface area is 111 Å². The lowest BCUT2D eigenvalue weighted by atomic mass is 10.1. The van der Waals surface area contributed by atoms with Crippen LogP contribution < -0.4 is 10.2 Å². The standard InChI is InChI=1S/C15H25N3/c1-5-7-8-11-18(4)13-9-10-15(17-12-13)14(6-2)16-3/h5,9-10,12,14,16H,1,6-8,11H2,2-4H3. The first-order valence-corrected chi connectivity index (χ1v) is 6.68. The van der Waals surface area contributed by atoms with Crippen LogP contribution in [-0.4, -0.2) is 25.6 Å². The van der Waals surface area contributed by atoms with Crippen LogP contribution in [-0.2, 0) is 0 Å². The minimum Gasteiger partial charge on any atom is -0.373 e. The molecule has 1 unspecified atom stereocenters. The lowest BCUT2D eigenvalue weighted by molar-refractivity contribution is 0.561. The van der Waals surface area contributed by atoms with E-state index >= 15 is 0 Å². The Morgan fingerprint density at radius 3 is 2.78 bits per heavy atom. The molecule has 0 radical (unpaired) electrons. The van der Waals surface area contributed by atoms with Crippen molar-refractivity contribution in [3.05, 3.63) is 36.7 Å². The molecular formula is C15H25N3. The molecule has 1 aromatic heterocycles. The Kier molecular flexibility index (Phi) is 6.44. The van der Waals surface area contributed by atoms with Crippen LogP contribution >= 0.6 is 0 Å². The molecule has 3 nitrogen and oxygen atoms in total. The number of hydrogen-bond acceptors (Lipinski definition) is 3. The molecule has 1 aromatic rings. The highest BCUT2D eigenvalue weighted by molar-refractivity contribution is 5.43. The lowest BCUT2D eigenvalue weighted by Crippen LogP contribution is -2.20. The highest BCUT2D eigenvalue weighted by Gasteiger charge is 2.08. The molecule has 0 saturated heterocycles. The number of allylic oxidation sites excluding steroid dienone is 1. The number of aromatic nitrogens is 1. The van der Waals surface area contributed by atoms with Crippen LogP contribution in [0.3, 0.4) is 0 Å². The van der Waals surface area contributed by atoms with Gasteiger partial charge in [0, 0.05) is 19.6 Å². The normalized spacial score (nSPS) is 12.2. The first-order valence-electron chi connectivity index (χ1n) is 6.68. The fourth-order valence-electron chi connectivity index (χ4n) is 1.99. The third kappa shape index (κ3) is 4.15. The molecule has 1 N–H and O–H groups in total. The van der Waals surface area contributed by atoms with Gasteiger partial charge < -0.3 is 10.2 Å². The molecule has 1 heterocycles. The van der Waals surface area contributed by atoms with Crippen LogP contribution in [0.5, 0.6) is 0 Å². The number of anilines is 1. The Balaban J connectivity index is 2.61. The lowest BCUT2D eigenvalue weighted by Gasteiger charge is -2.20. The van der Waals surface area contributed by atoms with Gasteiger partial charge in [0.2, 0.25) is 0 Å². The molecule has 0 amide bonds. The van der Waals surface area contributed by atoms with Gasteiger partial charge in [0.05, 0.1) is 17.6 Å². The summed E-state index contributed by atoms with van der Waals surface area (Å²) in [6.07, 6.45) is 7.18. The number of pyridine rings is 1. The summed E-state index contributed by atoms with van der Waals surface area (Å²) < 4.78 is 0. The Bertz CT molecular complexity index is 341. The third-order valence-electron chi connectivity index (χ3n) is 3.23. The van der Waals surface area contributed by atoms with E-state index < -0.39 is 0 Å². The number of nitrogens with zero attached hydrogens (tertiary/aromatic N) is 2. The van der Waals surface area contributed by atoms with E-state index in [4.69, 9.17) is 0 Å². The van der Waals surface area contributed by atoms with Gasteiger partial charge in [-0.2, -0.15) is 0 Å². The predicted molar refractivity (Wildman–Crippen MR) is 79.0 cm³/mol. The highest BCUT2D eigenvalue weighted by Crippen LogP contribution is 2.17. The van der Waals surface area contributed by atoms with Crippen LogP contribution in [0, 0.1) is 0 Å². The first-order chi connectivity index (χ1) is 8.72. The van der Waals surface area contributed by atoms with Gasteiger partial charge in [-0.25, -0.2) is 0 Å². The number of nitrogens with one attached hydrogen (secondary N) is 1. The van der Waals surface area contributed by atoms with Gasteiger partial charge in [-0.3, -0.25) is 4.98 Å². The van der Waals surface area contributed by atoms with Crippen molar-refractivity contribution in [2.24, 2.45) is 0 Å². The zero-order valence-corrected chi connectivity index (χ0v) is 11.8. The van der Waals surface area contributed by atoms with Crippen LogP contribution in [0.25, 0.3) is 0 Å². The minimum absolute atomic E-state index is 0.352. The van der Waals surface area contributed by atoms with E-state index in [1.54, 1.807) is 0 Å². The van der Waals surface area contributed by atoms with Gasteiger partial charge in [-0.1, -0.05) is 13.0 Å². The molecule has 0 aliphatic carbocycles. The molecular weight excluding hydrogens is 222 g/mol. The van der Waals surface area contributed by atoms with Gasteiger partial charge in [-0.15, -0.1) is 6.58 Å². The van der Waals surface area contributed by atoms with E-state index in [0.717, 1.165) is 31.5 Å². The average Bonchev–Trinajstić information content (AvgIpc) is 2.41.